The number of aromatic nitrogens is 4. The number of tetrazole rings is 1. The van der Waals surface area contributed by atoms with Crippen molar-refractivity contribution in [2.45, 2.75) is 38.5 Å². The van der Waals surface area contributed by atoms with Crippen molar-refractivity contribution in [1.82, 2.24) is 25.5 Å². The van der Waals surface area contributed by atoms with Gasteiger partial charge >= 0.3 is 0 Å². The summed E-state index contributed by atoms with van der Waals surface area (Å²) in [5.74, 6) is 2.52. The van der Waals surface area contributed by atoms with Crippen molar-refractivity contribution in [2.75, 3.05) is 13.7 Å². The van der Waals surface area contributed by atoms with Crippen LogP contribution in [0.15, 0.2) is 40.8 Å². The highest BCUT2D eigenvalue weighted by atomic mass is 16.5. The normalized spacial score (nSPS) is 17.7. The number of rotatable bonds is 6. The number of hydrogen-bond donors (Lipinski definition) is 1. The molecule has 0 unspecified atom stereocenters. The standard InChI is InChI=1S/C19H23N5O2/c1-24(12-14-5-4-6-15(11-14)19-20-22-23-21-19)13-16-8-9-18(26-16)17-7-2-3-10-25-17/h4-6,8-9,11,17H,2-3,7,10,12-13H2,1H3,(H,20,21,22,23)/t17-/m0/s1. The zero-order valence-electron chi connectivity index (χ0n) is 14.9. The predicted molar refractivity (Wildman–Crippen MR) is 96.0 cm³/mol. The van der Waals surface area contributed by atoms with Crippen LogP contribution in [-0.4, -0.2) is 39.2 Å². The van der Waals surface area contributed by atoms with Crippen molar-refractivity contribution >= 4 is 0 Å². The molecule has 0 radical (unpaired) electrons. The Morgan fingerprint density at radius 2 is 2.15 bits per heavy atom. The van der Waals surface area contributed by atoms with E-state index in [1.54, 1.807) is 0 Å². The maximum Gasteiger partial charge on any atom is 0.204 e. The number of furan rings is 1. The fourth-order valence-electron chi connectivity index (χ4n) is 3.34. The molecule has 136 valence electrons. The predicted octanol–water partition coefficient (Wildman–Crippen LogP) is 3.33. The van der Waals surface area contributed by atoms with Crippen molar-refractivity contribution in [1.29, 1.82) is 0 Å². The maximum absolute atomic E-state index is 6.02. The van der Waals surface area contributed by atoms with Crippen LogP contribution in [-0.2, 0) is 17.8 Å². The SMILES string of the molecule is CN(Cc1cccc(-c2nn[nH]n2)c1)Cc1ccc([C@@H]2CCCCO2)o1. The summed E-state index contributed by atoms with van der Waals surface area (Å²) in [5.41, 5.74) is 2.15. The van der Waals surface area contributed by atoms with Crippen LogP contribution in [0.2, 0.25) is 0 Å². The summed E-state index contributed by atoms with van der Waals surface area (Å²) in [6.45, 7) is 2.39. The third kappa shape index (κ3) is 4.00. The Morgan fingerprint density at radius 3 is 2.96 bits per heavy atom. The number of nitrogens with one attached hydrogen (secondary N) is 1. The molecule has 1 aromatic carbocycles. The maximum atomic E-state index is 6.02. The first-order valence-corrected chi connectivity index (χ1v) is 8.99. The van der Waals surface area contributed by atoms with Crippen LogP contribution >= 0.6 is 0 Å². The number of benzene rings is 1. The lowest BCUT2D eigenvalue weighted by molar-refractivity contribution is 0.000907. The van der Waals surface area contributed by atoms with Crippen LogP contribution in [0.25, 0.3) is 11.4 Å². The molecule has 1 aliphatic rings. The Morgan fingerprint density at radius 1 is 1.19 bits per heavy atom. The van der Waals surface area contributed by atoms with Crippen molar-refractivity contribution < 1.29 is 9.15 Å². The van der Waals surface area contributed by atoms with Gasteiger partial charge < -0.3 is 9.15 Å². The van der Waals surface area contributed by atoms with Crippen LogP contribution in [0, 0.1) is 0 Å². The van der Waals surface area contributed by atoms with Gasteiger partial charge in [0.1, 0.15) is 17.6 Å². The van der Waals surface area contributed by atoms with E-state index in [2.05, 4.69) is 56.8 Å². The van der Waals surface area contributed by atoms with Crippen LogP contribution < -0.4 is 0 Å². The van der Waals surface area contributed by atoms with E-state index in [-0.39, 0.29) is 6.10 Å². The lowest BCUT2D eigenvalue weighted by atomic mass is 10.1. The van der Waals surface area contributed by atoms with Gasteiger partial charge in [0.25, 0.3) is 0 Å². The smallest absolute Gasteiger partial charge is 0.204 e. The Bertz CT molecular complexity index is 824. The van der Waals surface area contributed by atoms with Gasteiger partial charge in [0, 0.05) is 18.7 Å². The summed E-state index contributed by atoms with van der Waals surface area (Å²) >= 11 is 0. The largest absolute Gasteiger partial charge is 0.462 e. The minimum absolute atomic E-state index is 0.120. The van der Waals surface area contributed by atoms with Crippen molar-refractivity contribution in [2.24, 2.45) is 0 Å². The van der Waals surface area contributed by atoms with Gasteiger partial charge in [0.2, 0.25) is 5.82 Å². The zero-order valence-corrected chi connectivity index (χ0v) is 14.9. The fraction of sp³-hybridized carbons (Fsp3) is 0.421. The lowest BCUT2D eigenvalue weighted by Gasteiger charge is -2.20. The molecule has 0 saturated carbocycles. The van der Waals surface area contributed by atoms with E-state index in [0.717, 1.165) is 49.6 Å². The molecule has 1 atom stereocenters. The second-order valence-corrected chi connectivity index (χ2v) is 6.77. The fourth-order valence-corrected chi connectivity index (χ4v) is 3.34. The average Bonchev–Trinajstić information content (AvgIpc) is 3.35. The topological polar surface area (TPSA) is 80.1 Å². The molecule has 1 saturated heterocycles. The molecule has 0 aliphatic carbocycles. The molecule has 4 rings (SSSR count). The van der Waals surface area contributed by atoms with E-state index < -0.39 is 0 Å². The molecule has 0 spiro atoms. The first-order chi connectivity index (χ1) is 12.8. The summed E-state index contributed by atoms with van der Waals surface area (Å²) in [7, 11) is 2.08. The van der Waals surface area contributed by atoms with Gasteiger partial charge in [-0.2, -0.15) is 5.21 Å². The third-order valence-corrected chi connectivity index (χ3v) is 4.59. The van der Waals surface area contributed by atoms with Gasteiger partial charge in [-0.15, -0.1) is 10.2 Å². The monoisotopic (exact) mass is 353 g/mol. The quantitative estimate of drug-likeness (QED) is 0.732. The molecule has 7 heteroatoms. The van der Waals surface area contributed by atoms with E-state index in [4.69, 9.17) is 9.15 Å². The first-order valence-electron chi connectivity index (χ1n) is 8.99. The van der Waals surface area contributed by atoms with E-state index in [0.29, 0.717) is 5.82 Å². The lowest BCUT2D eigenvalue weighted by Crippen LogP contribution is -2.17. The number of ether oxygens (including phenoxy) is 1. The highest BCUT2D eigenvalue weighted by molar-refractivity contribution is 5.54. The highest BCUT2D eigenvalue weighted by Crippen LogP contribution is 2.29. The Balaban J connectivity index is 1.37. The van der Waals surface area contributed by atoms with E-state index in [9.17, 15) is 0 Å². The van der Waals surface area contributed by atoms with E-state index >= 15 is 0 Å². The highest BCUT2D eigenvalue weighted by Gasteiger charge is 2.19. The molecule has 3 aromatic rings. The molecule has 1 aliphatic heterocycles. The Labute approximate surface area is 152 Å². The molecule has 7 nitrogen and oxygen atoms in total. The minimum Gasteiger partial charge on any atom is -0.462 e. The van der Waals surface area contributed by atoms with Crippen molar-refractivity contribution in [3.8, 4) is 11.4 Å². The van der Waals surface area contributed by atoms with Crippen molar-refractivity contribution in [3.63, 3.8) is 0 Å². The third-order valence-electron chi connectivity index (χ3n) is 4.59. The van der Waals surface area contributed by atoms with Gasteiger partial charge in [-0.3, -0.25) is 4.90 Å². The second-order valence-electron chi connectivity index (χ2n) is 6.77. The van der Waals surface area contributed by atoms with E-state index in [1.807, 2.05) is 12.1 Å². The molecule has 0 amide bonds. The summed E-state index contributed by atoms with van der Waals surface area (Å²) in [4.78, 5) is 2.22. The van der Waals surface area contributed by atoms with Crippen LogP contribution in [0.4, 0.5) is 0 Å². The van der Waals surface area contributed by atoms with Crippen molar-refractivity contribution in [3.05, 3.63) is 53.5 Å². The molecular formula is C19H23N5O2. The Kier molecular flexibility index (Phi) is 5.08. The molecule has 26 heavy (non-hydrogen) atoms. The summed E-state index contributed by atoms with van der Waals surface area (Å²) in [6.07, 6.45) is 3.52. The number of aromatic amines is 1. The molecule has 3 heterocycles. The van der Waals surface area contributed by atoms with Gasteiger partial charge in [0.05, 0.1) is 6.54 Å². The summed E-state index contributed by atoms with van der Waals surface area (Å²) in [6, 6.07) is 12.3. The van der Waals surface area contributed by atoms with Crippen LogP contribution in [0.5, 0.6) is 0 Å². The number of H-pyrrole nitrogens is 1. The molecule has 2 aromatic heterocycles. The minimum atomic E-state index is 0.120. The van der Waals surface area contributed by atoms with Gasteiger partial charge in [0.15, 0.2) is 0 Å². The van der Waals surface area contributed by atoms with Gasteiger partial charge in [-0.1, -0.05) is 18.2 Å². The molecule has 0 bridgehead atoms. The average molecular weight is 353 g/mol. The van der Waals surface area contributed by atoms with Gasteiger partial charge in [-0.25, -0.2) is 0 Å². The van der Waals surface area contributed by atoms with E-state index in [1.165, 1.54) is 12.0 Å². The first kappa shape index (κ1) is 16.9. The second kappa shape index (κ2) is 7.80. The summed E-state index contributed by atoms with van der Waals surface area (Å²) < 4.78 is 11.8. The number of hydrogen-bond acceptors (Lipinski definition) is 6. The molecule has 1 N–H and O–H groups in total. The van der Waals surface area contributed by atoms with Gasteiger partial charge in [-0.05, 0) is 55.3 Å². The van der Waals surface area contributed by atoms with Crippen LogP contribution in [0.3, 0.4) is 0 Å². The van der Waals surface area contributed by atoms with Crippen LogP contribution in [0.1, 0.15) is 42.5 Å². The molecule has 1 fully saturated rings. The zero-order chi connectivity index (χ0) is 17.8. The number of nitrogens with zero attached hydrogens (tertiary/aromatic N) is 4. The summed E-state index contributed by atoms with van der Waals surface area (Å²) in [5, 5.41) is 14.2. The Hall–Kier alpha value is -2.51. The molecular weight excluding hydrogens is 330 g/mol.